The van der Waals surface area contributed by atoms with E-state index in [1.54, 1.807) is 12.4 Å². The molecular formula is C21H20N2O. The van der Waals surface area contributed by atoms with Crippen molar-refractivity contribution in [1.82, 2.24) is 10.3 Å². The lowest BCUT2D eigenvalue weighted by Gasteiger charge is -2.07. The molecule has 1 N–H and O–H groups in total. The first kappa shape index (κ1) is 15.9. The Morgan fingerprint density at radius 2 is 1.50 bits per heavy atom. The Bertz CT molecular complexity index is 836. The summed E-state index contributed by atoms with van der Waals surface area (Å²) in [5.74, 6) is -0.114. The average Bonchev–Trinajstić information content (AvgIpc) is 2.62. The van der Waals surface area contributed by atoms with Crippen LogP contribution in [-0.4, -0.2) is 10.9 Å². The summed E-state index contributed by atoms with van der Waals surface area (Å²) in [6, 6.07) is 18.2. The molecule has 0 saturated carbocycles. The Hall–Kier alpha value is -2.94. The number of benzene rings is 2. The lowest BCUT2D eigenvalue weighted by atomic mass is 10.0. The van der Waals surface area contributed by atoms with Gasteiger partial charge in [-0.25, -0.2) is 0 Å². The Morgan fingerprint density at radius 3 is 2.17 bits per heavy atom. The van der Waals surface area contributed by atoms with E-state index in [0.29, 0.717) is 12.1 Å². The van der Waals surface area contributed by atoms with Crippen molar-refractivity contribution in [2.24, 2.45) is 0 Å². The minimum absolute atomic E-state index is 0.114. The highest BCUT2D eigenvalue weighted by Gasteiger charge is 2.08. The number of nitrogens with zero attached hydrogens (tertiary/aromatic N) is 1. The maximum absolute atomic E-state index is 12.4. The number of amides is 1. The quantitative estimate of drug-likeness (QED) is 0.780. The molecule has 0 fully saturated rings. The molecule has 0 bridgehead atoms. The van der Waals surface area contributed by atoms with Gasteiger partial charge in [-0.2, -0.15) is 0 Å². The van der Waals surface area contributed by atoms with Crippen molar-refractivity contribution in [3.05, 3.63) is 89.2 Å². The van der Waals surface area contributed by atoms with Crippen LogP contribution in [-0.2, 0) is 6.54 Å². The fourth-order valence-corrected chi connectivity index (χ4v) is 2.46. The molecular weight excluding hydrogens is 296 g/mol. The lowest BCUT2D eigenvalue weighted by Crippen LogP contribution is -2.22. The SMILES string of the molecule is Cc1ccc(CNC(=O)c2cncc(-c3ccc(C)cc3)c2)cc1. The molecule has 1 amide bonds. The molecule has 3 rings (SSSR count). The van der Waals surface area contributed by atoms with Gasteiger partial charge in [-0.1, -0.05) is 59.7 Å². The Kier molecular flexibility index (Phi) is 4.71. The van der Waals surface area contributed by atoms with Crippen molar-refractivity contribution >= 4 is 5.91 Å². The fraction of sp³-hybridized carbons (Fsp3) is 0.143. The number of hydrogen-bond donors (Lipinski definition) is 1. The Balaban J connectivity index is 1.72. The van der Waals surface area contributed by atoms with E-state index in [2.05, 4.69) is 29.4 Å². The molecule has 3 heteroatoms. The zero-order valence-electron chi connectivity index (χ0n) is 13.9. The van der Waals surface area contributed by atoms with Crippen molar-refractivity contribution in [3.63, 3.8) is 0 Å². The molecule has 0 atom stereocenters. The maximum atomic E-state index is 12.4. The van der Waals surface area contributed by atoms with Crippen LogP contribution in [0, 0.1) is 13.8 Å². The lowest BCUT2D eigenvalue weighted by molar-refractivity contribution is 0.0950. The molecule has 3 nitrogen and oxygen atoms in total. The van der Waals surface area contributed by atoms with E-state index in [1.807, 2.05) is 49.4 Å². The van der Waals surface area contributed by atoms with E-state index < -0.39 is 0 Å². The van der Waals surface area contributed by atoms with Crippen LogP contribution in [0.25, 0.3) is 11.1 Å². The number of carbonyl (C=O) groups is 1. The van der Waals surface area contributed by atoms with Gasteiger partial charge in [0.25, 0.3) is 5.91 Å². The van der Waals surface area contributed by atoms with Gasteiger partial charge in [0.1, 0.15) is 0 Å². The van der Waals surface area contributed by atoms with Crippen molar-refractivity contribution in [2.45, 2.75) is 20.4 Å². The summed E-state index contributed by atoms with van der Waals surface area (Å²) in [7, 11) is 0. The fourth-order valence-electron chi connectivity index (χ4n) is 2.46. The van der Waals surface area contributed by atoms with Crippen LogP contribution in [0.1, 0.15) is 27.0 Å². The maximum Gasteiger partial charge on any atom is 0.253 e. The van der Waals surface area contributed by atoms with E-state index >= 15 is 0 Å². The summed E-state index contributed by atoms with van der Waals surface area (Å²) in [5, 5.41) is 2.94. The number of nitrogens with one attached hydrogen (secondary N) is 1. The molecule has 120 valence electrons. The zero-order valence-corrected chi connectivity index (χ0v) is 13.9. The van der Waals surface area contributed by atoms with Crippen LogP contribution in [0.4, 0.5) is 0 Å². The van der Waals surface area contributed by atoms with Crippen molar-refractivity contribution < 1.29 is 4.79 Å². The second-order valence-electron chi connectivity index (χ2n) is 6.00. The van der Waals surface area contributed by atoms with E-state index in [0.717, 1.165) is 16.7 Å². The second-order valence-corrected chi connectivity index (χ2v) is 6.00. The number of pyridine rings is 1. The van der Waals surface area contributed by atoms with Gasteiger partial charge in [-0.3, -0.25) is 9.78 Å². The highest BCUT2D eigenvalue weighted by molar-refractivity contribution is 5.95. The first-order valence-corrected chi connectivity index (χ1v) is 7.98. The molecule has 1 heterocycles. The number of hydrogen-bond acceptors (Lipinski definition) is 2. The van der Waals surface area contributed by atoms with Crippen molar-refractivity contribution in [1.29, 1.82) is 0 Å². The van der Waals surface area contributed by atoms with Gasteiger partial charge in [0.2, 0.25) is 0 Å². The summed E-state index contributed by atoms with van der Waals surface area (Å²) < 4.78 is 0. The molecule has 3 aromatic rings. The third-order valence-electron chi connectivity index (χ3n) is 3.96. The van der Waals surface area contributed by atoms with Gasteiger partial charge in [0, 0.05) is 24.5 Å². The standard InChI is InChI=1S/C21H20N2O/c1-15-3-7-17(8-4-15)12-23-21(24)20-11-19(13-22-14-20)18-9-5-16(2)6-10-18/h3-11,13-14H,12H2,1-2H3,(H,23,24). The molecule has 0 aliphatic rings. The number of carbonyl (C=O) groups excluding carboxylic acids is 1. The summed E-state index contributed by atoms with van der Waals surface area (Å²) in [4.78, 5) is 16.6. The molecule has 24 heavy (non-hydrogen) atoms. The summed E-state index contributed by atoms with van der Waals surface area (Å²) in [6.45, 7) is 4.61. The molecule has 0 aliphatic carbocycles. The number of aryl methyl sites for hydroxylation is 2. The van der Waals surface area contributed by atoms with Crippen molar-refractivity contribution in [2.75, 3.05) is 0 Å². The molecule has 0 spiro atoms. The highest BCUT2D eigenvalue weighted by atomic mass is 16.1. The molecule has 2 aromatic carbocycles. The topological polar surface area (TPSA) is 42.0 Å². The molecule has 0 radical (unpaired) electrons. The van der Waals surface area contributed by atoms with E-state index in [1.165, 1.54) is 11.1 Å². The van der Waals surface area contributed by atoms with Crippen LogP contribution in [0.2, 0.25) is 0 Å². The van der Waals surface area contributed by atoms with Gasteiger partial charge in [0.15, 0.2) is 0 Å². The molecule has 0 aliphatic heterocycles. The smallest absolute Gasteiger partial charge is 0.253 e. The Morgan fingerprint density at radius 1 is 0.875 bits per heavy atom. The highest BCUT2D eigenvalue weighted by Crippen LogP contribution is 2.20. The number of rotatable bonds is 4. The van der Waals surface area contributed by atoms with Gasteiger partial charge >= 0.3 is 0 Å². The summed E-state index contributed by atoms with van der Waals surface area (Å²) in [6.07, 6.45) is 3.38. The predicted octanol–water partition coefficient (Wildman–Crippen LogP) is 4.30. The molecule has 0 saturated heterocycles. The summed E-state index contributed by atoms with van der Waals surface area (Å²) >= 11 is 0. The monoisotopic (exact) mass is 316 g/mol. The minimum Gasteiger partial charge on any atom is -0.348 e. The molecule has 1 aromatic heterocycles. The largest absolute Gasteiger partial charge is 0.348 e. The third kappa shape index (κ3) is 3.87. The van der Waals surface area contributed by atoms with Crippen LogP contribution in [0.3, 0.4) is 0 Å². The van der Waals surface area contributed by atoms with Gasteiger partial charge in [0.05, 0.1) is 5.56 Å². The van der Waals surface area contributed by atoms with Crippen LogP contribution >= 0.6 is 0 Å². The predicted molar refractivity (Wildman–Crippen MR) is 96.8 cm³/mol. The Labute approximate surface area is 142 Å². The van der Waals surface area contributed by atoms with Crippen LogP contribution in [0.15, 0.2) is 67.0 Å². The van der Waals surface area contributed by atoms with E-state index in [-0.39, 0.29) is 5.91 Å². The first-order valence-electron chi connectivity index (χ1n) is 7.98. The second kappa shape index (κ2) is 7.09. The minimum atomic E-state index is -0.114. The first-order chi connectivity index (χ1) is 11.6. The average molecular weight is 316 g/mol. The normalized spacial score (nSPS) is 10.4. The third-order valence-corrected chi connectivity index (χ3v) is 3.96. The van der Waals surface area contributed by atoms with Crippen LogP contribution in [0.5, 0.6) is 0 Å². The van der Waals surface area contributed by atoms with Crippen LogP contribution < -0.4 is 5.32 Å². The van der Waals surface area contributed by atoms with Crippen molar-refractivity contribution in [3.8, 4) is 11.1 Å². The van der Waals surface area contributed by atoms with Gasteiger partial charge < -0.3 is 5.32 Å². The van der Waals surface area contributed by atoms with E-state index in [4.69, 9.17) is 0 Å². The number of aromatic nitrogens is 1. The van der Waals surface area contributed by atoms with Gasteiger partial charge in [-0.15, -0.1) is 0 Å². The van der Waals surface area contributed by atoms with E-state index in [9.17, 15) is 4.79 Å². The molecule has 0 unspecified atom stereocenters. The van der Waals surface area contributed by atoms with Gasteiger partial charge in [-0.05, 0) is 31.0 Å². The summed E-state index contributed by atoms with van der Waals surface area (Å²) in [5.41, 5.74) is 6.06. The zero-order chi connectivity index (χ0) is 16.9.